The molecule has 9 heteroatoms. The molecule has 0 atom stereocenters. The molecule has 1 N–H and O–H groups in total. The van der Waals surface area contributed by atoms with Crippen LogP contribution in [-0.4, -0.2) is 26.4 Å². The number of nitrogens with zero attached hydrogens (tertiary/aromatic N) is 3. The van der Waals surface area contributed by atoms with Crippen LogP contribution >= 0.6 is 35.0 Å². The fraction of sp³-hybridized carbons (Fsp3) is 0.250. The van der Waals surface area contributed by atoms with Crippen LogP contribution in [0.15, 0.2) is 47.6 Å². The number of benzene rings is 2. The molecular formula is C20H19Cl2FN4OS. The molecule has 29 heavy (non-hydrogen) atoms. The van der Waals surface area contributed by atoms with Gasteiger partial charge >= 0.3 is 0 Å². The average Bonchev–Trinajstić information content (AvgIpc) is 3.06. The lowest BCUT2D eigenvalue weighted by Gasteiger charge is -2.13. The van der Waals surface area contributed by atoms with E-state index in [0.29, 0.717) is 33.8 Å². The van der Waals surface area contributed by atoms with E-state index in [0.717, 1.165) is 0 Å². The Hall–Kier alpha value is -2.09. The summed E-state index contributed by atoms with van der Waals surface area (Å²) < 4.78 is 16.1. The molecule has 0 radical (unpaired) electrons. The average molecular weight is 453 g/mol. The van der Waals surface area contributed by atoms with Gasteiger partial charge in [-0.1, -0.05) is 67.0 Å². The zero-order valence-electron chi connectivity index (χ0n) is 15.8. The Labute approximate surface area is 182 Å². The minimum Gasteiger partial charge on any atom is -0.324 e. The molecule has 0 saturated heterocycles. The number of thioether (sulfide) groups is 1. The van der Waals surface area contributed by atoms with Crippen molar-refractivity contribution in [1.29, 1.82) is 0 Å². The van der Waals surface area contributed by atoms with Crippen LogP contribution < -0.4 is 5.32 Å². The second-order valence-corrected chi connectivity index (χ2v) is 8.46. The van der Waals surface area contributed by atoms with Gasteiger partial charge < -0.3 is 9.88 Å². The Balaban J connectivity index is 1.77. The van der Waals surface area contributed by atoms with Gasteiger partial charge in [-0.25, -0.2) is 4.39 Å². The van der Waals surface area contributed by atoms with E-state index in [1.807, 2.05) is 18.4 Å². The summed E-state index contributed by atoms with van der Waals surface area (Å²) in [6.07, 6.45) is 0. The number of amides is 1. The van der Waals surface area contributed by atoms with Crippen LogP contribution in [0.1, 0.15) is 13.8 Å². The van der Waals surface area contributed by atoms with Gasteiger partial charge in [0.25, 0.3) is 0 Å². The van der Waals surface area contributed by atoms with E-state index < -0.39 is 0 Å². The quantitative estimate of drug-likeness (QED) is 0.461. The van der Waals surface area contributed by atoms with Gasteiger partial charge in [-0.3, -0.25) is 4.79 Å². The topological polar surface area (TPSA) is 59.8 Å². The number of nitrogens with one attached hydrogen (secondary N) is 1. The number of carbonyl (C=O) groups excluding carboxylic acids is 1. The van der Waals surface area contributed by atoms with Crippen molar-refractivity contribution in [2.24, 2.45) is 5.92 Å². The molecule has 1 heterocycles. The number of aromatic nitrogens is 3. The third-order valence-corrected chi connectivity index (χ3v) is 5.72. The first-order valence-electron chi connectivity index (χ1n) is 8.91. The number of hydrogen-bond acceptors (Lipinski definition) is 4. The molecule has 3 rings (SSSR count). The van der Waals surface area contributed by atoms with E-state index in [-0.39, 0.29) is 28.4 Å². The molecular weight excluding hydrogens is 434 g/mol. The van der Waals surface area contributed by atoms with Gasteiger partial charge in [0.05, 0.1) is 27.0 Å². The highest BCUT2D eigenvalue weighted by Crippen LogP contribution is 2.30. The first kappa shape index (κ1) is 21.6. The van der Waals surface area contributed by atoms with Gasteiger partial charge in [-0.2, -0.15) is 0 Å². The van der Waals surface area contributed by atoms with Gasteiger partial charge in [-0.15, -0.1) is 10.2 Å². The van der Waals surface area contributed by atoms with E-state index >= 15 is 0 Å². The van der Waals surface area contributed by atoms with Crippen molar-refractivity contribution in [1.82, 2.24) is 14.8 Å². The summed E-state index contributed by atoms with van der Waals surface area (Å²) in [5.41, 5.74) is 0.822. The second-order valence-electron chi connectivity index (χ2n) is 6.73. The van der Waals surface area contributed by atoms with Crippen LogP contribution in [0.5, 0.6) is 0 Å². The first-order chi connectivity index (χ1) is 13.9. The lowest BCUT2D eigenvalue weighted by atomic mass is 10.2. The Kier molecular flexibility index (Phi) is 7.16. The SMILES string of the molecule is CC(C)Cn1c(SCC(=O)Nc2cccc(Cl)c2Cl)nnc1-c1ccccc1F. The molecule has 0 unspecified atom stereocenters. The summed E-state index contributed by atoms with van der Waals surface area (Å²) >= 11 is 13.3. The molecule has 2 aromatic carbocycles. The van der Waals surface area contributed by atoms with Crippen LogP contribution in [0.2, 0.25) is 10.0 Å². The van der Waals surface area contributed by atoms with Gasteiger partial charge in [0.1, 0.15) is 5.82 Å². The van der Waals surface area contributed by atoms with Crippen molar-refractivity contribution in [2.75, 3.05) is 11.1 Å². The zero-order valence-corrected chi connectivity index (χ0v) is 18.2. The molecule has 0 aliphatic carbocycles. The molecule has 0 fully saturated rings. The molecule has 0 aliphatic heterocycles. The van der Waals surface area contributed by atoms with E-state index in [4.69, 9.17) is 23.2 Å². The smallest absolute Gasteiger partial charge is 0.234 e. The Morgan fingerprint density at radius 2 is 1.93 bits per heavy atom. The molecule has 0 saturated carbocycles. The van der Waals surface area contributed by atoms with E-state index in [9.17, 15) is 9.18 Å². The maximum absolute atomic E-state index is 14.3. The maximum Gasteiger partial charge on any atom is 0.234 e. The third kappa shape index (κ3) is 5.29. The van der Waals surface area contributed by atoms with Crippen molar-refractivity contribution in [2.45, 2.75) is 25.5 Å². The maximum atomic E-state index is 14.3. The molecule has 0 aliphatic rings. The normalized spacial score (nSPS) is 11.1. The van der Waals surface area contributed by atoms with Crippen molar-refractivity contribution in [3.8, 4) is 11.4 Å². The lowest BCUT2D eigenvalue weighted by molar-refractivity contribution is -0.113. The van der Waals surface area contributed by atoms with E-state index in [1.54, 1.807) is 36.4 Å². The predicted octanol–water partition coefficient (Wildman–Crippen LogP) is 5.78. The summed E-state index contributed by atoms with van der Waals surface area (Å²) in [5, 5.41) is 12.3. The number of hydrogen-bond donors (Lipinski definition) is 1. The number of anilines is 1. The Morgan fingerprint density at radius 3 is 2.66 bits per heavy atom. The number of rotatable bonds is 7. The monoisotopic (exact) mass is 452 g/mol. The molecule has 1 amide bonds. The third-order valence-electron chi connectivity index (χ3n) is 3.94. The zero-order chi connectivity index (χ0) is 21.0. The largest absolute Gasteiger partial charge is 0.324 e. The Morgan fingerprint density at radius 1 is 1.17 bits per heavy atom. The molecule has 0 spiro atoms. The molecule has 152 valence electrons. The van der Waals surface area contributed by atoms with Crippen molar-refractivity contribution in [3.05, 3.63) is 58.3 Å². The Bertz CT molecular complexity index is 1030. The van der Waals surface area contributed by atoms with E-state index in [1.165, 1.54) is 17.8 Å². The van der Waals surface area contributed by atoms with Gasteiger partial charge in [0.15, 0.2) is 11.0 Å². The summed E-state index contributed by atoms with van der Waals surface area (Å²) in [7, 11) is 0. The van der Waals surface area contributed by atoms with Crippen LogP contribution in [-0.2, 0) is 11.3 Å². The second kappa shape index (κ2) is 9.61. The number of carbonyl (C=O) groups is 1. The van der Waals surface area contributed by atoms with Crippen molar-refractivity contribution >= 4 is 46.6 Å². The standard InChI is InChI=1S/C20H19Cl2FN4OS/c1-12(2)10-27-19(13-6-3-4-8-15(13)23)25-26-20(27)29-11-17(28)24-16-9-5-7-14(21)18(16)22/h3-9,12H,10-11H2,1-2H3,(H,24,28). The highest BCUT2D eigenvalue weighted by Gasteiger charge is 2.19. The molecule has 0 bridgehead atoms. The van der Waals surface area contributed by atoms with E-state index in [2.05, 4.69) is 15.5 Å². The van der Waals surface area contributed by atoms with Crippen LogP contribution in [0.3, 0.4) is 0 Å². The fourth-order valence-electron chi connectivity index (χ4n) is 2.68. The minimum absolute atomic E-state index is 0.0936. The summed E-state index contributed by atoms with van der Waals surface area (Å²) in [5.74, 6) is 0.198. The highest BCUT2D eigenvalue weighted by atomic mass is 35.5. The minimum atomic E-state index is -0.366. The summed E-state index contributed by atoms with van der Waals surface area (Å²) in [4.78, 5) is 12.4. The number of halogens is 3. The van der Waals surface area contributed by atoms with Gasteiger partial charge in [-0.05, 0) is 30.2 Å². The van der Waals surface area contributed by atoms with Crippen molar-refractivity contribution < 1.29 is 9.18 Å². The van der Waals surface area contributed by atoms with Crippen LogP contribution in [0.25, 0.3) is 11.4 Å². The van der Waals surface area contributed by atoms with Gasteiger partial charge in [0, 0.05) is 6.54 Å². The fourth-order valence-corrected chi connectivity index (χ4v) is 3.78. The lowest BCUT2D eigenvalue weighted by Crippen LogP contribution is -2.15. The first-order valence-corrected chi connectivity index (χ1v) is 10.7. The van der Waals surface area contributed by atoms with Crippen LogP contribution in [0.4, 0.5) is 10.1 Å². The molecule has 1 aromatic heterocycles. The summed E-state index contributed by atoms with van der Waals surface area (Å²) in [6, 6.07) is 11.5. The van der Waals surface area contributed by atoms with Gasteiger partial charge in [0.2, 0.25) is 5.91 Å². The van der Waals surface area contributed by atoms with Crippen molar-refractivity contribution in [3.63, 3.8) is 0 Å². The van der Waals surface area contributed by atoms with Crippen LogP contribution in [0, 0.1) is 11.7 Å². The molecule has 5 nitrogen and oxygen atoms in total. The summed E-state index contributed by atoms with van der Waals surface area (Å²) in [6.45, 7) is 4.70. The predicted molar refractivity (Wildman–Crippen MR) is 116 cm³/mol. The molecule has 3 aromatic rings. The highest BCUT2D eigenvalue weighted by molar-refractivity contribution is 7.99.